The van der Waals surface area contributed by atoms with E-state index < -0.39 is 0 Å². The number of hydrogen-bond acceptors (Lipinski definition) is 7. The van der Waals surface area contributed by atoms with Crippen LogP contribution in [0.25, 0.3) is 0 Å². The Morgan fingerprint density at radius 1 is 1.24 bits per heavy atom. The van der Waals surface area contributed by atoms with E-state index >= 15 is 0 Å². The fourth-order valence-corrected chi connectivity index (χ4v) is 4.71. The number of halogens is 1. The summed E-state index contributed by atoms with van der Waals surface area (Å²) in [5.41, 5.74) is 2.92. The Hall–Kier alpha value is -3.49. The quantitative estimate of drug-likeness (QED) is 0.382. The van der Waals surface area contributed by atoms with Gasteiger partial charge in [-0.05, 0) is 59.0 Å². The number of anilines is 1. The van der Waals surface area contributed by atoms with Crippen molar-refractivity contribution in [3.05, 3.63) is 74.9 Å². The smallest absolute Gasteiger partial charge is 0.235 e. The third kappa shape index (κ3) is 5.13. The van der Waals surface area contributed by atoms with E-state index in [2.05, 4.69) is 26.9 Å². The Labute approximate surface area is 198 Å². The molecule has 0 bridgehead atoms. The van der Waals surface area contributed by atoms with Crippen LogP contribution in [-0.4, -0.2) is 36.4 Å². The molecular weight excluding hydrogens is 461 g/mol. The highest BCUT2D eigenvalue weighted by atomic mass is 32.2. The Balaban J connectivity index is 1.49. The number of nitrogens with one attached hydrogen (secondary N) is 1. The molecule has 8 nitrogen and oxygen atoms in total. The van der Waals surface area contributed by atoms with Crippen molar-refractivity contribution in [3.63, 3.8) is 0 Å². The first kappa shape index (κ1) is 22.7. The van der Waals surface area contributed by atoms with E-state index in [1.807, 2.05) is 35.9 Å². The van der Waals surface area contributed by atoms with Crippen LogP contribution in [0, 0.1) is 31.0 Å². The monoisotopic (exact) mass is 481 g/mol. The third-order valence-corrected chi connectivity index (χ3v) is 6.99. The van der Waals surface area contributed by atoms with Gasteiger partial charge in [-0.25, -0.2) is 9.07 Å². The van der Waals surface area contributed by atoms with E-state index in [1.165, 1.54) is 23.9 Å². The zero-order chi connectivity index (χ0) is 23.4. The van der Waals surface area contributed by atoms with Crippen LogP contribution in [0.2, 0.25) is 0 Å². The van der Waals surface area contributed by atoms with Gasteiger partial charge in [0.2, 0.25) is 11.1 Å². The van der Waals surface area contributed by atoms with Crippen LogP contribution in [0.1, 0.15) is 27.3 Å². The Morgan fingerprint density at radius 2 is 2.03 bits per heavy atom. The molecule has 4 aromatic rings. The summed E-state index contributed by atoms with van der Waals surface area (Å²) in [6, 6.07) is 12.3. The standard InChI is InChI=1S/C22H20FN7OS2/c1-14-15(2)29(11-16-5-7-17(23)8-6-16)21(19(14)10-24)25-20(31)13-33-22-26-27-28-30(22)12-18-4-3-9-32-18/h3-9H,11-13H2,1-2H3,(H,25,31). The molecule has 1 N–H and O–H groups in total. The van der Waals surface area contributed by atoms with Crippen LogP contribution in [-0.2, 0) is 17.9 Å². The number of carbonyl (C=O) groups is 1. The number of carbonyl (C=O) groups excluding carboxylic acids is 1. The van der Waals surface area contributed by atoms with Crippen molar-refractivity contribution in [1.29, 1.82) is 5.26 Å². The van der Waals surface area contributed by atoms with Crippen LogP contribution in [0.5, 0.6) is 0 Å². The van der Waals surface area contributed by atoms with Gasteiger partial charge in [-0.2, -0.15) is 5.26 Å². The number of nitrogens with zero attached hydrogens (tertiary/aromatic N) is 6. The number of thiophene rings is 1. The van der Waals surface area contributed by atoms with E-state index in [0.717, 1.165) is 21.7 Å². The number of benzene rings is 1. The molecule has 0 radical (unpaired) electrons. The third-order valence-electron chi connectivity index (χ3n) is 5.17. The van der Waals surface area contributed by atoms with Crippen molar-refractivity contribution >= 4 is 34.8 Å². The summed E-state index contributed by atoms with van der Waals surface area (Å²) in [5, 5.41) is 26.8. The van der Waals surface area contributed by atoms with Gasteiger partial charge in [0.05, 0.1) is 17.9 Å². The average Bonchev–Trinajstić information content (AvgIpc) is 3.53. The molecule has 0 fully saturated rings. The van der Waals surface area contributed by atoms with Gasteiger partial charge in [0.1, 0.15) is 17.7 Å². The molecule has 3 aromatic heterocycles. The van der Waals surface area contributed by atoms with Gasteiger partial charge in [-0.1, -0.05) is 30.0 Å². The molecule has 0 aliphatic rings. The molecule has 11 heteroatoms. The lowest BCUT2D eigenvalue weighted by molar-refractivity contribution is -0.113. The minimum atomic E-state index is -0.316. The van der Waals surface area contributed by atoms with Crippen LogP contribution in [0.4, 0.5) is 10.2 Å². The fourth-order valence-electron chi connectivity index (χ4n) is 3.35. The highest BCUT2D eigenvalue weighted by molar-refractivity contribution is 7.99. The van der Waals surface area contributed by atoms with Gasteiger partial charge in [0.15, 0.2) is 0 Å². The number of rotatable bonds is 8. The van der Waals surface area contributed by atoms with E-state index in [9.17, 15) is 14.4 Å². The topological polar surface area (TPSA) is 101 Å². The Kier molecular flexibility index (Phi) is 6.86. The summed E-state index contributed by atoms with van der Waals surface area (Å²) in [4.78, 5) is 13.9. The van der Waals surface area contributed by atoms with Crippen molar-refractivity contribution in [2.75, 3.05) is 11.1 Å². The van der Waals surface area contributed by atoms with Crippen LogP contribution in [0.3, 0.4) is 0 Å². The number of aromatic nitrogens is 5. The van der Waals surface area contributed by atoms with Gasteiger partial charge < -0.3 is 9.88 Å². The highest BCUT2D eigenvalue weighted by Crippen LogP contribution is 2.28. The molecule has 0 saturated carbocycles. The lowest BCUT2D eigenvalue weighted by Gasteiger charge is -2.13. The number of thioether (sulfide) groups is 1. The largest absolute Gasteiger partial charge is 0.326 e. The van der Waals surface area contributed by atoms with E-state index in [4.69, 9.17) is 0 Å². The molecule has 0 aliphatic heterocycles. The maximum atomic E-state index is 13.3. The summed E-state index contributed by atoms with van der Waals surface area (Å²) in [6.45, 7) is 4.67. The van der Waals surface area contributed by atoms with Crippen molar-refractivity contribution in [2.45, 2.75) is 32.1 Å². The molecule has 1 aromatic carbocycles. The van der Waals surface area contributed by atoms with Gasteiger partial charge in [0, 0.05) is 17.1 Å². The summed E-state index contributed by atoms with van der Waals surface area (Å²) in [5.74, 6) is -0.0836. The first-order valence-electron chi connectivity index (χ1n) is 10.0. The fraction of sp³-hybridized carbons (Fsp3) is 0.227. The molecule has 168 valence electrons. The first-order valence-corrected chi connectivity index (χ1v) is 11.9. The molecule has 0 unspecified atom stereocenters. The van der Waals surface area contributed by atoms with Gasteiger partial charge >= 0.3 is 0 Å². The number of hydrogen-bond donors (Lipinski definition) is 1. The normalized spacial score (nSPS) is 10.8. The van der Waals surface area contributed by atoms with Crippen LogP contribution < -0.4 is 5.32 Å². The van der Waals surface area contributed by atoms with Gasteiger partial charge in [0.25, 0.3) is 0 Å². The summed E-state index contributed by atoms with van der Waals surface area (Å²) in [7, 11) is 0. The number of nitriles is 1. The second-order valence-electron chi connectivity index (χ2n) is 7.29. The summed E-state index contributed by atoms with van der Waals surface area (Å²) < 4.78 is 16.8. The Bertz CT molecular complexity index is 1300. The molecular formula is C22H20FN7OS2. The molecule has 3 heterocycles. The predicted molar refractivity (Wildman–Crippen MR) is 125 cm³/mol. The number of tetrazole rings is 1. The average molecular weight is 482 g/mol. The minimum Gasteiger partial charge on any atom is -0.326 e. The van der Waals surface area contributed by atoms with Crippen molar-refractivity contribution < 1.29 is 9.18 Å². The van der Waals surface area contributed by atoms with Crippen molar-refractivity contribution in [2.24, 2.45) is 0 Å². The maximum absolute atomic E-state index is 13.3. The lowest BCUT2D eigenvalue weighted by Crippen LogP contribution is -2.19. The van der Waals surface area contributed by atoms with Crippen molar-refractivity contribution in [3.8, 4) is 6.07 Å². The van der Waals surface area contributed by atoms with E-state index in [0.29, 0.717) is 29.6 Å². The zero-order valence-electron chi connectivity index (χ0n) is 17.9. The van der Waals surface area contributed by atoms with Crippen LogP contribution in [0.15, 0.2) is 46.9 Å². The highest BCUT2D eigenvalue weighted by Gasteiger charge is 2.20. The van der Waals surface area contributed by atoms with Crippen LogP contribution >= 0.6 is 23.1 Å². The Morgan fingerprint density at radius 3 is 2.73 bits per heavy atom. The number of amides is 1. The first-order chi connectivity index (χ1) is 16.0. The maximum Gasteiger partial charge on any atom is 0.235 e. The molecule has 0 aliphatic carbocycles. The van der Waals surface area contributed by atoms with E-state index in [-0.39, 0.29) is 17.5 Å². The molecule has 0 spiro atoms. The SMILES string of the molecule is Cc1c(C#N)c(NC(=O)CSc2nnnn2Cc2cccs2)n(Cc2ccc(F)cc2)c1C. The lowest BCUT2D eigenvalue weighted by atomic mass is 10.2. The zero-order valence-corrected chi connectivity index (χ0v) is 19.6. The second-order valence-corrected chi connectivity index (χ2v) is 9.27. The molecule has 0 atom stereocenters. The molecule has 1 amide bonds. The van der Waals surface area contributed by atoms with E-state index in [1.54, 1.807) is 28.2 Å². The molecule has 4 rings (SSSR count). The van der Waals surface area contributed by atoms with Crippen molar-refractivity contribution in [1.82, 2.24) is 24.8 Å². The minimum absolute atomic E-state index is 0.0789. The van der Waals surface area contributed by atoms with Gasteiger partial charge in [-0.15, -0.1) is 16.4 Å². The predicted octanol–water partition coefficient (Wildman–Crippen LogP) is 3.99. The molecule has 33 heavy (non-hydrogen) atoms. The second kappa shape index (κ2) is 9.97. The molecule has 0 saturated heterocycles. The van der Waals surface area contributed by atoms with Gasteiger partial charge in [-0.3, -0.25) is 4.79 Å². The summed E-state index contributed by atoms with van der Waals surface area (Å²) >= 11 is 2.83. The summed E-state index contributed by atoms with van der Waals surface area (Å²) in [6.07, 6.45) is 0.